The van der Waals surface area contributed by atoms with E-state index in [0.717, 1.165) is 25.7 Å². The van der Waals surface area contributed by atoms with Crippen LogP contribution in [-0.4, -0.2) is 28.4 Å². The van der Waals surface area contributed by atoms with Crippen molar-refractivity contribution < 1.29 is 9.59 Å². The van der Waals surface area contributed by atoms with E-state index in [9.17, 15) is 9.59 Å². The number of nitrogens with zero attached hydrogens (tertiary/aromatic N) is 1. The molecule has 3 aliphatic rings. The number of nitrogens with one attached hydrogen (secondary N) is 1. The fourth-order valence-electron chi connectivity index (χ4n) is 3.66. The molecule has 76 valence electrons. The van der Waals surface area contributed by atoms with Crippen molar-refractivity contribution in [2.45, 2.75) is 44.2 Å². The fourth-order valence-corrected chi connectivity index (χ4v) is 3.66. The van der Waals surface area contributed by atoms with Crippen molar-refractivity contribution in [3.8, 4) is 0 Å². The molecule has 0 bridgehead atoms. The van der Waals surface area contributed by atoms with Crippen LogP contribution in [-0.2, 0) is 4.79 Å². The van der Waals surface area contributed by atoms with Crippen LogP contribution in [0, 0.1) is 5.92 Å². The molecule has 1 aliphatic carbocycles. The van der Waals surface area contributed by atoms with Crippen LogP contribution in [0.15, 0.2) is 0 Å². The van der Waals surface area contributed by atoms with Gasteiger partial charge in [0.1, 0.15) is 5.54 Å². The molecular weight excluding hydrogens is 180 g/mol. The molecular formula is C10H14N2O2. The zero-order chi connectivity index (χ0) is 9.92. The Morgan fingerprint density at radius 1 is 1.50 bits per heavy atom. The summed E-state index contributed by atoms with van der Waals surface area (Å²) in [6.45, 7) is 2.04. The first-order chi connectivity index (χ1) is 6.66. The predicted octanol–water partition coefficient (Wildman–Crippen LogP) is 0.869. The maximum Gasteiger partial charge on any atom is 0.325 e. The van der Waals surface area contributed by atoms with E-state index in [-0.39, 0.29) is 18.0 Å². The smallest absolute Gasteiger partial charge is 0.307 e. The van der Waals surface area contributed by atoms with E-state index < -0.39 is 5.54 Å². The van der Waals surface area contributed by atoms with Gasteiger partial charge in [0.25, 0.3) is 5.91 Å². The van der Waals surface area contributed by atoms with Crippen molar-refractivity contribution in [2.24, 2.45) is 5.92 Å². The molecule has 3 fully saturated rings. The highest BCUT2D eigenvalue weighted by atomic mass is 16.2. The molecule has 0 aromatic carbocycles. The summed E-state index contributed by atoms with van der Waals surface area (Å²) in [6, 6.07) is 0.0543. The lowest BCUT2D eigenvalue weighted by atomic mass is 9.88. The molecule has 3 rings (SSSR count). The zero-order valence-electron chi connectivity index (χ0n) is 8.25. The molecule has 3 atom stereocenters. The van der Waals surface area contributed by atoms with E-state index in [4.69, 9.17) is 0 Å². The largest absolute Gasteiger partial charge is 0.325 e. The van der Waals surface area contributed by atoms with Gasteiger partial charge in [-0.1, -0.05) is 6.42 Å². The highest BCUT2D eigenvalue weighted by Crippen LogP contribution is 2.51. The van der Waals surface area contributed by atoms with Gasteiger partial charge < -0.3 is 4.90 Å². The van der Waals surface area contributed by atoms with Crippen LogP contribution in [0.4, 0.5) is 4.79 Å². The van der Waals surface area contributed by atoms with Gasteiger partial charge >= 0.3 is 6.03 Å². The van der Waals surface area contributed by atoms with Gasteiger partial charge in [-0.2, -0.15) is 0 Å². The first kappa shape index (κ1) is 8.26. The summed E-state index contributed by atoms with van der Waals surface area (Å²) in [6.07, 6.45) is 4.04. The molecule has 1 saturated carbocycles. The third-order valence-electron chi connectivity index (χ3n) is 4.11. The minimum absolute atomic E-state index is 0.0469. The van der Waals surface area contributed by atoms with Crippen LogP contribution in [0.1, 0.15) is 32.6 Å². The van der Waals surface area contributed by atoms with Gasteiger partial charge in [0.2, 0.25) is 0 Å². The Balaban J connectivity index is 2.11. The minimum atomic E-state index is -0.448. The van der Waals surface area contributed by atoms with E-state index in [1.54, 1.807) is 4.90 Å². The second-order valence-electron chi connectivity index (χ2n) is 4.73. The number of amides is 3. The molecule has 0 radical (unpaired) electrons. The third-order valence-corrected chi connectivity index (χ3v) is 4.11. The summed E-state index contributed by atoms with van der Waals surface area (Å²) in [5.41, 5.74) is -0.448. The molecule has 3 amide bonds. The highest BCUT2D eigenvalue weighted by molar-refractivity contribution is 6.08. The van der Waals surface area contributed by atoms with Gasteiger partial charge in [0.05, 0.1) is 0 Å². The molecule has 0 unspecified atom stereocenters. The molecule has 1 N–H and O–H groups in total. The van der Waals surface area contributed by atoms with E-state index in [1.807, 2.05) is 6.92 Å². The van der Waals surface area contributed by atoms with Gasteiger partial charge in [-0.25, -0.2) is 4.79 Å². The zero-order valence-corrected chi connectivity index (χ0v) is 8.25. The molecule has 1 spiro atoms. The number of urea groups is 1. The van der Waals surface area contributed by atoms with Gasteiger partial charge in [-0.15, -0.1) is 0 Å². The Morgan fingerprint density at radius 3 is 3.07 bits per heavy atom. The molecule has 0 aromatic heterocycles. The lowest BCUT2D eigenvalue weighted by molar-refractivity contribution is -0.126. The average Bonchev–Trinajstić information content (AvgIpc) is 2.65. The number of hydrogen-bond acceptors (Lipinski definition) is 2. The second kappa shape index (κ2) is 2.30. The van der Waals surface area contributed by atoms with Crippen molar-refractivity contribution in [1.82, 2.24) is 10.2 Å². The lowest BCUT2D eigenvalue weighted by Gasteiger charge is -2.29. The predicted molar refractivity (Wildman–Crippen MR) is 49.5 cm³/mol. The lowest BCUT2D eigenvalue weighted by Crippen LogP contribution is -2.48. The first-order valence-electron chi connectivity index (χ1n) is 5.31. The molecule has 2 heterocycles. The Morgan fingerprint density at radius 2 is 2.29 bits per heavy atom. The molecule has 2 saturated heterocycles. The first-order valence-corrected chi connectivity index (χ1v) is 5.31. The minimum Gasteiger partial charge on any atom is -0.307 e. The Kier molecular flexibility index (Phi) is 1.36. The van der Waals surface area contributed by atoms with E-state index in [0.29, 0.717) is 5.92 Å². The summed E-state index contributed by atoms with van der Waals surface area (Å²) < 4.78 is 0. The monoisotopic (exact) mass is 194 g/mol. The Hall–Kier alpha value is -1.06. The van der Waals surface area contributed by atoms with Crippen molar-refractivity contribution in [3.05, 3.63) is 0 Å². The summed E-state index contributed by atoms with van der Waals surface area (Å²) in [5, 5.41) is 2.46. The number of carbonyl (C=O) groups excluding carboxylic acids is 2. The summed E-state index contributed by atoms with van der Waals surface area (Å²) in [5.74, 6) is 0.360. The van der Waals surface area contributed by atoms with Crippen molar-refractivity contribution >= 4 is 11.9 Å². The van der Waals surface area contributed by atoms with Gasteiger partial charge in [-0.05, 0) is 32.1 Å². The molecule has 2 aliphatic heterocycles. The summed E-state index contributed by atoms with van der Waals surface area (Å²) >= 11 is 0. The topological polar surface area (TPSA) is 49.4 Å². The Labute approximate surface area is 82.6 Å². The van der Waals surface area contributed by atoms with Crippen molar-refractivity contribution in [3.63, 3.8) is 0 Å². The van der Waals surface area contributed by atoms with Gasteiger partial charge in [0.15, 0.2) is 0 Å². The van der Waals surface area contributed by atoms with Crippen LogP contribution in [0.3, 0.4) is 0 Å². The van der Waals surface area contributed by atoms with E-state index in [2.05, 4.69) is 5.32 Å². The SMILES string of the molecule is C[C@@H]1C[C@H]2CCC[C@]23C(=O)NC(=O)N13. The average molecular weight is 194 g/mol. The van der Waals surface area contributed by atoms with Crippen molar-refractivity contribution in [2.75, 3.05) is 0 Å². The summed E-state index contributed by atoms with van der Waals surface area (Å²) in [4.78, 5) is 25.2. The standard InChI is InChI=1S/C10H14N2O2/c1-6-5-7-3-2-4-10(7)8(13)11-9(14)12(6)10/h6-7H,2-5H2,1H3,(H,11,13,14)/t6-,7-,10-/m1/s1. The number of carbonyl (C=O) groups is 2. The van der Waals surface area contributed by atoms with Crippen LogP contribution >= 0.6 is 0 Å². The maximum atomic E-state index is 11.8. The van der Waals surface area contributed by atoms with Crippen molar-refractivity contribution in [1.29, 1.82) is 0 Å². The van der Waals surface area contributed by atoms with E-state index >= 15 is 0 Å². The van der Waals surface area contributed by atoms with E-state index in [1.165, 1.54) is 0 Å². The third kappa shape index (κ3) is 0.678. The normalized spacial score (nSPS) is 45.4. The molecule has 14 heavy (non-hydrogen) atoms. The quantitative estimate of drug-likeness (QED) is 0.582. The second-order valence-corrected chi connectivity index (χ2v) is 4.73. The molecule has 4 heteroatoms. The molecule has 4 nitrogen and oxygen atoms in total. The maximum absolute atomic E-state index is 11.8. The highest BCUT2D eigenvalue weighted by Gasteiger charge is 2.64. The van der Waals surface area contributed by atoms with Gasteiger partial charge in [-0.3, -0.25) is 10.1 Å². The fraction of sp³-hybridized carbons (Fsp3) is 0.800. The van der Waals surface area contributed by atoms with Crippen LogP contribution in [0.25, 0.3) is 0 Å². The van der Waals surface area contributed by atoms with Gasteiger partial charge in [0, 0.05) is 6.04 Å². The Bertz CT molecular complexity index is 328. The summed E-state index contributed by atoms with van der Waals surface area (Å²) in [7, 11) is 0. The number of hydrogen-bond donors (Lipinski definition) is 1. The molecule has 0 aromatic rings. The number of rotatable bonds is 0. The van der Waals surface area contributed by atoms with Crippen LogP contribution in [0.2, 0.25) is 0 Å². The van der Waals surface area contributed by atoms with Crippen LogP contribution in [0.5, 0.6) is 0 Å². The number of imide groups is 1. The van der Waals surface area contributed by atoms with Crippen LogP contribution < -0.4 is 5.32 Å².